The minimum Gasteiger partial charge on any atom is -0.493 e. The van der Waals surface area contributed by atoms with Gasteiger partial charge in [0.1, 0.15) is 0 Å². The van der Waals surface area contributed by atoms with Crippen molar-refractivity contribution in [3.8, 4) is 11.5 Å². The SMILES string of the molecule is COC(=O)c1ccc(OCCc2cccc(C)c2)c(OC)c1. The second kappa shape index (κ2) is 7.50. The van der Waals surface area contributed by atoms with Crippen molar-refractivity contribution in [1.29, 1.82) is 0 Å². The van der Waals surface area contributed by atoms with Gasteiger partial charge in [-0.2, -0.15) is 0 Å². The van der Waals surface area contributed by atoms with E-state index >= 15 is 0 Å². The molecular weight excluding hydrogens is 280 g/mol. The van der Waals surface area contributed by atoms with E-state index in [2.05, 4.69) is 25.1 Å². The molecule has 0 spiro atoms. The van der Waals surface area contributed by atoms with E-state index in [1.807, 2.05) is 6.07 Å². The van der Waals surface area contributed by atoms with Gasteiger partial charge in [-0.15, -0.1) is 0 Å². The third-order valence-electron chi connectivity index (χ3n) is 3.32. The van der Waals surface area contributed by atoms with Crippen LogP contribution in [0.25, 0.3) is 0 Å². The number of hydrogen-bond acceptors (Lipinski definition) is 4. The zero-order valence-electron chi connectivity index (χ0n) is 13.1. The predicted octanol–water partition coefficient (Wildman–Crippen LogP) is 3.41. The number of hydrogen-bond donors (Lipinski definition) is 0. The molecule has 0 heterocycles. The largest absolute Gasteiger partial charge is 0.493 e. The van der Waals surface area contributed by atoms with Crippen LogP contribution in [-0.4, -0.2) is 26.8 Å². The Balaban J connectivity index is 2.01. The highest BCUT2D eigenvalue weighted by Crippen LogP contribution is 2.28. The van der Waals surface area contributed by atoms with Crippen molar-refractivity contribution in [3.05, 3.63) is 59.2 Å². The quantitative estimate of drug-likeness (QED) is 0.767. The minimum atomic E-state index is -0.399. The van der Waals surface area contributed by atoms with Crippen molar-refractivity contribution in [2.45, 2.75) is 13.3 Å². The van der Waals surface area contributed by atoms with Crippen LogP contribution in [0.3, 0.4) is 0 Å². The van der Waals surface area contributed by atoms with E-state index in [4.69, 9.17) is 14.2 Å². The summed E-state index contributed by atoms with van der Waals surface area (Å²) in [6.07, 6.45) is 0.809. The summed E-state index contributed by atoms with van der Waals surface area (Å²) in [7, 11) is 2.89. The van der Waals surface area contributed by atoms with Crippen molar-refractivity contribution in [2.75, 3.05) is 20.8 Å². The third-order valence-corrected chi connectivity index (χ3v) is 3.32. The summed E-state index contributed by atoms with van der Waals surface area (Å²) in [6.45, 7) is 2.61. The summed E-state index contributed by atoms with van der Waals surface area (Å²) in [4.78, 5) is 11.5. The van der Waals surface area contributed by atoms with E-state index in [1.165, 1.54) is 18.2 Å². The normalized spacial score (nSPS) is 10.1. The first-order valence-electron chi connectivity index (χ1n) is 7.08. The Morgan fingerprint density at radius 3 is 2.55 bits per heavy atom. The zero-order valence-corrected chi connectivity index (χ0v) is 13.1. The summed E-state index contributed by atoms with van der Waals surface area (Å²) in [5.41, 5.74) is 2.90. The number of ether oxygens (including phenoxy) is 3. The topological polar surface area (TPSA) is 44.8 Å². The van der Waals surface area contributed by atoms with Gasteiger partial charge in [-0.25, -0.2) is 4.79 Å². The molecule has 2 aromatic rings. The average molecular weight is 300 g/mol. The molecule has 2 aromatic carbocycles. The molecule has 0 radical (unpaired) electrons. The van der Waals surface area contributed by atoms with Crippen LogP contribution in [0.4, 0.5) is 0 Å². The molecule has 0 aliphatic heterocycles. The minimum absolute atomic E-state index is 0.399. The predicted molar refractivity (Wildman–Crippen MR) is 84.7 cm³/mol. The van der Waals surface area contributed by atoms with E-state index in [-0.39, 0.29) is 0 Å². The summed E-state index contributed by atoms with van der Waals surface area (Å²) in [5, 5.41) is 0. The standard InChI is InChI=1S/C18H20O4/c1-13-5-4-6-14(11-13)9-10-22-16-8-7-15(18(19)21-3)12-17(16)20-2/h4-8,11-12H,9-10H2,1-3H3. The lowest BCUT2D eigenvalue weighted by atomic mass is 10.1. The first-order chi connectivity index (χ1) is 10.6. The molecule has 0 N–H and O–H groups in total. The highest BCUT2D eigenvalue weighted by atomic mass is 16.5. The molecule has 0 atom stereocenters. The van der Waals surface area contributed by atoms with Gasteiger partial charge in [0.15, 0.2) is 11.5 Å². The third kappa shape index (κ3) is 4.01. The van der Waals surface area contributed by atoms with Crippen molar-refractivity contribution in [3.63, 3.8) is 0 Å². The lowest BCUT2D eigenvalue weighted by Gasteiger charge is -2.12. The Hall–Kier alpha value is -2.49. The van der Waals surface area contributed by atoms with Gasteiger partial charge >= 0.3 is 5.97 Å². The Labute approximate surface area is 130 Å². The molecule has 2 rings (SSSR count). The molecule has 0 unspecified atom stereocenters. The second-order valence-corrected chi connectivity index (χ2v) is 4.94. The Morgan fingerprint density at radius 1 is 1.05 bits per heavy atom. The van der Waals surface area contributed by atoms with E-state index in [0.717, 1.165) is 6.42 Å². The first kappa shape index (κ1) is 15.9. The molecule has 4 heteroatoms. The molecule has 0 aliphatic rings. The molecule has 116 valence electrons. The van der Waals surface area contributed by atoms with Crippen LogP contribution in [0.2, 0.25) is 0 Å². The van der Waals surface area contributed by atoms with Gasteiger partial charge in [-0.1, -0.05) is 29.8 Å². The van der Waals surface area contributed by atoms with Crippen LogP contribution in [-0.2, 0) is 11.2 Å². The van der Waals surface area contributed by atoms with E-state index < -0.39 is 5.97 Å². The molecule has 0 fully saturated rings. The molecular formula is C18H20O4. The summed E-state index contributed by atoms with van der Waals surface area (Å²) in [6, 6.07) is 13.3. The molecule has 0 amide bonds. The zero-order chi connectivity index (χ0) is 15.9. The maximum atomic E-state index is 11.5. The summed E-state index contributed by atoms with van der Waals surface area (Å²) < 4.78 is 15.7. The number of esters is 1. The Kier molecular flexibility index (Phi) is 5.42. The fraction of sp³-hybridized carbons (Fsp3) is 0.278. The maximum absolute atomic E-state index is 11.5. The molecule has 22 heavy (non-hydrogen) atoms. The lowest BCUT2D eigenvalue weighted by Crippen LogP contribution is -2.05. The highest BCUT2D eigenvalue weighted by Gasteiger charge is 2.11. The molecule has 0 saturated carbocycles. The van der Waals surface area contributed by atoms with E-state index in [1.54, 1.807) is 25.3 Å². The smallest absolute Gasteiger partial charge is 0.337 e. The summed E-state index contributed by atoms with van der Waals surface area (Å²) >= 11 is 0. The lowest BCUT2D eigenvalue weighted by molar-refractivity contribution is 0.0600. The van der Waals surface area contributed by atoms with Crippen molar-refractivity contribution in [2.24, 2.45) is 0 Å². The van der Waals surface area contributed by atoms with Gasteiger partial charge in [0, 0.05) is 6.42 Å². The van der Waals surface area contributed by atoms with Crippen molar-refractivity contribution < 1.29 is 19.0 Å². The monoisotopic (exact) mass is 300 g/mol. The van der Waals surface area contributed by atoms with Gasteiger partial charge in [0.2, 0.25) is 0 Å². The molecule has 0 saturated heterocycles. The van der Waals surface area contributed by atoms with E-state index in [9.17, 15) is 4.79 Å². The van der Waals surface area contributed by atoms with Crippen LogP contribution in [0, 0.1) is 6.92 Å². The van der Waals surface area contributed by atoms with Crippen LogP contribution >= 0.6 is 0 Å². The number of rotatable bonds is 6. The van der Waals surface area contributed by atoms with Gasteiger partial charge in [0.05, 0.1) is 26.4 Å². The van der Waals surface area contributed by atoms with Crippen LogP contribution in [0.5, 0.6) is 11.5 Å². The molecule has 0 bridgehead atoms. The van der Waals surface area contributed by atoms with Gasteiger partial charge < -0.3 is 14.2 Å². The van der Waals surface area contributed by atoms with E-state index in [0.29, 0.717) is 23.7 Å². The first-order valence-corrected chi connectivity index (χ1v) is 7.08. The number of aryl methyl sites for hydroxylation is 1. The average Bonchev–Trinajstić information content (AvgIpc) is 2.54. The Morgan fingerprint density at radius 2 is 1.86 bits per heavy atom. The van der Waals surface area contributed by atoms with Gasteiger partial charge in [-0.3, -0.25) is 0 Å². The van der Waals surface area contributed by atoms with Crippen LogP contribution in [0.1, 0.15) is 21.5 Å². The highest BCUT2D eigenvalue weighted by molar-refractivity contribution is 5.90. The Bertz CT molecular complexity index is 649. The number of methoxy groups -OCH3 is 2. The van der Waals surface area contributed by atoms with Gasteiger partial charge in [-0.05, 0) is 30.7 Å². The fourth-order valence-corrected chi connectivity index (χ4v) is 2.18. The fourth-order valence-electron chi connectivity index (χ4n) is 2.18. The van der Waals surface area contributed by atoms with Gasteiger partial charge in [0.25, 0.3) is 0 Å². The molecule has 0 aliphatic carbocycles. The van der Waals surface area contributed by atoms with Crippen LogP contribution in [0.15, 0.2) is 42.5 Å². The molecule has 4 nitrogen and oxygen atoms in total. The second-order valence-electron chi connectivity index (χ2n) is 4.94. The molecule has 0 aromatic heterocycles. The number of carbonyl (C=O) groups is 1. The van der Waals surface area contributed by atoms with Crippen LogP contribution < -0.4 is 9.47 Å². The maximum Gasteiger partial charge on any atom is 0.337 e. The number of benzene rings is 2. The van der Waals surface area contributed by atoms with Crippen molar-refractivity contribution in [1.82, 2.24) is 0 Å². The van der Waals surface area contributed by atoms with Crippen molar-refractivity contribution >= 4 is 5.97 Å². The summed E-state index contributed by atoms with van der Waals surface area (Å²) in [5.74, 6) is 0.736. The number of carbonyl (C=O) groups excluding carboxylic acids is 1.